The fourth-order valence-electron chi connectivity index (χ4n) is 4.06. The molecule has 5 rings (SSSR count). The van der Waals surface area contributed by atoms with E-state index < -0.39 is 0 Å². The lowest BCUT2D eigenvalue weighted by Crippen LogP contribution is -2.38. The van der Waals surface area contributed by atoms with Crippen LogP contribution in [0.4, 0.5) is 11.6 Å². The Labute approximate surface area is 207 Å². The molecule has 0 saturated carbocycles. The van der Waals surface area contributed by atoms with Crippen LogP contribution < -0.4 is 15.4 Å². The molecule has 1 aliphatic rings. The van der Waals surface area contributed by atoms with Crippen molar-refractivity contribution in [2.45, 2.75) is 39.0 Å². The average molecular weight is 495 g/mol. The van der Waals surface area contributed by atoms with Gasteiger partial charge in [0.1, 0.15) is 12.4 Å². The summed E-state index contributed by atoms with van der Waals surface area (Å²) in [6.45, 7) is 2.76. The summed E-state index contributed by atoms with van der Waals surface area (Å²) in [4.78, 5) is 9.60. The lowest BCUT2D eigenvalue weighted by molar-refractivity contribution is 0.295. The number of para-hydroxylation sites is 1. The molecule has 1 atom stereocenters. The van der Waals surface area contributed by atoms with Crippen molar-refractivity contribution in [1.82, 2.24) is 25.5 Å². The second-order valence-electron chi connectivity index (χ2n) is 8.29. The number of halogens is 2. The fraction of sp³-hybridized carbons (Fsp3) is 0.240. The van der Waals surface area contributed by atoms with Gasteiger partial charge in [-0.25, -0.2) is 9.97 Å². The third kappa shape index (κ3) is 5.17. The molecule has 1 aliphatic heterocycles. The van der Waals surface area contributed by atoms with Crippen LogP contribution in [0.3, 0.4) is 0 Å². The summed E-state index contributed by atoms with van der Waals surface area (Å²) >= 11 is 12.5. The molecule has 34 heavy (non-hydrogen) atoms. The lowest BCUT2D eigenvalue weighted by atomic mass is 9.95. The molecule has 0 aliphatic carbocycles. The van der Waals surface area contributed by atoms with Crippen LogP contribution in [-0.2, 0) is 26.0 Å². The highest BCUT2D eigenvalue weighted by atomic mass is 35.5. The Balaban J connectivity index is 1.42. The number of nitrogens with one attached hydrogen (secondary N) is 3. The van der Waals surface area contributed by atoms with Crippen molar-refractivity contribution in [1.29, 1.82) is 0 Å². The Kier molecular flexibility index (Phi) is 6.67. The van der Waals surface area contributed by atoms with E-state index in [0.717, 1.165) is 29.8 Å². The van der Waals surface area contributed by atoms with E-state index in [1.807, 2.05) is 19.1 Å². The molecule has 174 valence electrons. The molecule has 0 spiro atoms. The van der Waals surface area contributed by atoms with Crippen molar-refractivity contribution in [3.63, 3.8) is 0 Å². The molecule has 0 radical (unpaired) electrons. The summed E-state index contributed by atoms with van der Waals surface area (Å²) in [6, 6.07) is 17.9. The Bertz CT molecular complexity index is 1270. The van der Waals surface area contributed by atoms with Gasteiger partial charge in [-0.2, -0.15) is 5.10 Å². The maximum absolute atomic E-state index is 6.27. The van der Waals surface area contributed by atoms with E-state index in [1.165, 1.54) is 5.56 Å². The van der Waals surface area contributed by atoms with Gasteiger partial charge in [0.2, 0.25) is 0 Å². The number of fused-ring (bicyclic) bond motifs is 1. The van der Waals surface area contributed by atoms with Crippen LogP contribution in [-0.4, -0.2) is 26.2 Å². The molecule has 2 aromatic heterocycles. The average Bonchev–Trinajstić information content (AvgIpc) is 3.23. The topological polar surface area (TPSA) is 87.8 Å². The summed E-state index contributed by atoms with van der Waals surface area (Å²) in [5.74, 6) is 2.38. The molecule has 3 N–H and O–H groups in total. The lowest BCUT2D eigenvalue weighted by Gasteiger charge is -2.27. The van der Waals surface area contributed by atoms with Crippen molar-refractivity contribution >= 4 is 34.8 Å². The number of benzene rings is 2. The minimum absolute atomic E-state index is 0.141. The van der Waals surface area contributed by atoms with Crippen LogP contribution in [0.2, 0.25) is 10.0 Å². The van der Waals surface area contributed by atoms with Crippen LogP contribution in [0.15, 0.2) is 54.6 Å². The molecule has 0 fully saturated rings. The van der Waals surface area contributed by atoms with E-state index >= 15 is 0 Å². The number of aryl methyl sites for hydroxylation is 1. The molecule has 7 nitrogen and oxygen atoms in total. The molecular weight excluding hydrogens is 471 g/mol. The predicted molar refractivity (Wildman–Crippen MR) is 134 cm³/mol. The summed E-state index contributed by atoms with van der Waals surface area (Å²) in [7, 11) is 0. The van der Waals surface area contributed by atoms with Gasteiger partial charge >= 0.3 is 0 Å². The minimum Gasteiger partial charge on any atom is -0.482 e. The van der Waals surface area contributed by atoms with Gasteiger partial charge in [0.05, 0.1) is 15.7 Å². The fourth-order valence-corrected chi connectivity index (χ4v) is 4.57. The van der Waals surface area contributed by atoms with E-state index in [9.17, 15) is 0 Å². The molecule has 4 aromatic rings. The summed E-state index contributed by atoms with van der Waals surface area (Å²) in [6.07, 6.45) is 1.70. The van der Waals surface area contributed by atoms with Gasteiger partial charge in [-0.05, 0) is 31.0 Å². The molecule has 2 aromatic carbocycles. The molecular formula is C25H24Cl2N6O. The van der Waals surface area contributed by atoms with Gasteiger partial charge in [0, 0.05) is 36.3 Å². The first kappa shape index (κ1) is 22.7. The molecule has 1 unspecified atom stereocenters. The van der Waals surface area contributed by atoms with E-state index in [-0.39, 0.29) is 12.6 Å². The maximum Gasteiger partial charge on any atom is 0.168 e. The summed E-state index contributed by atoms with van der Waals surface area (Å²) in [5, 5.41) is 15.1. The van der Waals surface area contributed by atoms with Crippen LogP contribution in [0.25, 0.3) is 0 Å². The standard InChI is InChI=1S/C25H24Cl2N6O/c1-15-10-22(33-32-15)30-25-18-13-28-17(11-16-6-3-2-4-7-16)12-21(18)29-23(31-25)14-34-24-19(26)8-5-9-20(24)27/h2-10,17,28H,11-14H2,1H3,(H2,29,30,31,32,33). The molecule has 9 heteroatoms. The van der Waals surface area contributed by atoms with Crippen LogP contribution in [0.5, 0.6) is 5.75 Å². The highest BCUT2D eigenvalue weighted by Gasteiger charge is 2.24. The zero-order chi connectivity index (χ0) is 23.5. The molecule has 0 saturated heterocycles. The SMILES string of the molecule is Cc1cc(Nc2nc(COc3c(Cl)cccc3Cl)nc3c2CNC(Cc2ccccc2)C3)n[nH]1. The number of nitrogens with zero attached hydrogens (tertiary/aromatic N) is 3. The Morgan fingerprint density at radius 1 is 1.06 bits per heavy atom. The van der Waals surface area contributed by atoms with Crippen LogP contribution >= 0.6 is 23.2 Å². The number of hydrogen-bond acceptors (Lipinski definition) is 6. The zero-order valence-electron chi connectivity index (χ0n) is 18.6. The summed E-state index contributed by atoms with van der Waals surface area (Å²) < 4.78 is 5.92. The number of rotatable bonds is 7. The van der Waals surface area contributed by atoms with Crippen molar-refractivity contribution in [3.05, 3.63) is 93.0 Å². The highest BCUT2D eigenvalue weighted by molar-refractivity contribution is 6.37. The van der Waals surface area contributed by atoms with E-state index in [1.54, 1.807) is 18.2 Å². The first-order valence-corrected chi connectivity index (χ1v) is 11.8. The number of aromatic amines is 1. The number of aromatic nitrogens is 4. The predicted octanol–water partition coefficient (Wildman–Crippen LogP) is 5.39. The van der Waals surface area contributed by atoms with Gasteiger partial charge in [-0.1, -0.05) is 59.6 Å². The van der Waals surface area contributed by atoms with Crippen molar-refractivity contribution in [3.8, 4) is 5.75 Å². The zero-order valence-corrected chi connectivity index (χ0v) is 20.1. The van der Waals surface area contributed by atoms with Crippen molar-refractivity contribution < 1.29 is 4.74 Å². The molecule has 0 bridgehead atoms. The van der Waals surface area contributed by atoms with Crippen molar-refractivity contribution in [2.75, 3.05) is 5.32 Å². The summed E-state index contributed by atoms with van der Waals surface area (Å²) in [5.41, 5.74) is 4.28. The van der Waals surface area contributed by atoms with Gasteiger partial charge in [0.25, 0.3) is 0 Å². The van der Waals surface area contributed by atoms with E-state index in [2.05, 4.69) is 45.1 Å². The monoisotopic (exact) mass is 494 g/mol. The van der Waals surface area contributed by atoms with E-state index in [4.69, 9.17) is 37.9 Å². The van der Waals surface area contributed by atoms with E-state index in [0.29, 0.717) is 39.8 Å². The number of anilines is 2. The smallest absolute Gasteiger partial charge is 0.168 e. The Morgan fingerprint density at radius 3 is 2.59 bits per heavy atom. The third-order valence-electron chi connectivity index (χ3n) is 5.69. The first-order chi connectivity index (χ1) is 16.5. The minimum atomic E-state index is 0.141. The Hall–Kier alpha value is -3.13. The van der Waals surface area contributed by atoms with Gasteiger partial charge in [0.15, 0.2) is 17.4 Å². The van der Waals surface area contributed by atoms with Crippen molar-refractivity contribution in [2.24, 2.45) is 0 Å². The molecule has 0 amide bonds. The second-order valence-corrected chi connectivity index (χ2v) is 9.10. The number of ether oxygens (including phenoxy) is 1. The number of H-pyrrole nitrogens is 1. The van der Waals surface area contributed by atoms with Gasteiger partial charge in [-0.3, -0.25) is 5.10 Å². The molecule has 3 heterocycles. The Morgan fingerprint density at radius 2 is 1.85 bits per heavy atom. The number of hydrogen-bond donors (Lipinski definition) is 3. The van der Waals surface area contributed by atoms with Gasteiger partial charge < -0.3 is 15.4 Å². The van der Waals surface area contributed by atoms with Gasteiger partial charge in [-0.15, -0.1) is 0 Å². The maximum atomic E-state index is 6.27. The largest absolute Gasteiger partial charge is 0.482 e. The van der Waals surface area contributed by atoms with Crippen LogP contribution in [0, 0.1) is 6.92 Å². The third-order valence-corrected chi connectivity index (χ3v) is 6.28. The second kappa shape index (κ2) is 10.0. The quantitative estimate of drug-likeness (QED) is 0.319. The normalized spacial score (nSPS) is 15.1. The van der Waals surface area contributed by atoms with Crippen LogP contribution in [0.1, 0.15) is 28.3 Å². The highest BCUT2D eigenvalue weighted by Crippen LogP contribution is 2.33. The first-order valence-electron chi connectivity index (χ1n) is 11.1.